The van der Waals surface area contributed by atoms with E-state index in [4.69, 9.17) is 4.74 Å². The van der Waals surface area contributed by atoms with Crippen LogP contribution in [-0.4, -0.2) is 20.5 Å². The Hall–Kier alpha value is -2.55. The van der Waals surface area contributed by atoms with Gasteiger partial charge in [-0.2, -0.15) is 13.2 Å². The Balaban J connectivity index is 2.15. The molecule has 0 saturated carbocycles. The normalized spacial score (nSPS) is 12.1. The minimum absolute atomic E-state index is 0.158. The van der Waals surface area contributed by atoms with Crippen molar-refractivity contribution in [2.75, 3.05) is 4.72 Å². The van der Waals surface area contributed by atoms with Crippen LogP contribution in [0.5, 0.6) is 0 Å². The van der Waals surface area contributed by atoms with E-state index in [2.05, 4.69) is 4.72 Å². The Morgan fingerprint density at radius 1 is 1.00 bits per heavy atom. The van der Waals surface area contributed by atoms with E-state index < -0.39 is 27.7 Å². The lowest BCUT2D eigenvalue weighted by atomic mass is 10.2. The highest BCUT2D eigenvalue weighted by atomic mass is 32.2. The third-order valence-electron chi connectivity index (χ3n) is 3.21. The second kappa shape index (κ2) is 7.36. The lowest BCUT2D eigenvalue weighted by Crippen LogP contribution is -2.14. The largest absolute Gasteiger partial charge is 0.459 e. The topological polar surface area (TPSA) is 72.5 Å². The molecule has 140 valence electrons. The summed E-state index contributed by atoms with van der Waals surface area (Å²) in [7, 11) is -4.06. The third kappa shape index (κ3) is 4.98. The summed E-state index contributed by atoms with van der Waals surface area (Å²) in [5.74, 6) is -0.544. The molecule has 26 heavy (non-hydrogen) atoms. The molecule has 0 heterocycles. The van der Waals surface area contributed by atoms with Crippen LogP contribution in [0, 0.1) is 0 Å². The average Bonchev–Trinajstić information content (AvgIpc) is 2.54. The summed E-state index contributed by atoms with van der Waals surface area (Å²) in [4.78, 5) is 11.4. The number of nitrogens with one attached hydrogen (secondary N) is 1. The number of anilines is 1. The second-order valence-corrected chi connectivity index (χ2v) is 7.34. The molecular formula is C17H16F3NO4S. The zero-order valence-electron chi connectivity index (χ0n) is 13.9. The predicted molar refractivity (Wildman–Crippen MR) is 89.2 cm³/mol. The Morgan fingerprint density at radius 3 is 2.00 bits per heavy atom. The number of sulfonamides is 1. The Bertz CT molecular complexity index is 874. The summed E-state index contributed by atoms with van der Waals surface area (Å²) >= 11 is 0. The Kier molecular flexibility index (Phi) is 5.60. The number of benzene rings is 2. The summed E-state index contributed by atoms with van der Waals surface area (Å²) in [6.07, 6.45) is -4.84. The molecule has 2 rings (SSSR count). The number of carbonyl (C=O) groups excluding carboxylic acids is 1. The first-order valence-corrected chi connectivity index (χ1v) is 8.98. The van der Waals surface area contributed by atoms with E-state index in [0.29, 0.717) is 12.1 Å². The van der Waals surface area contributed by atoms with Crippen molar-refractivity contribution in [1.29, 1.82) is 0 Å². The molecular weight excluding hydrogens is 371 g/mol. The highest BCUT2D eigenvalue weighted by Crippen LogP contribution is 2.30. The van der Waals surface area contributed by atoms with Crippen LogP contribution in [0.15, 0.2) is 53.4 Å². The molecule has 0 aromatic heterocycles. The molecule has 2 aromatic rings. The van der Waals surface area contributed by atoms with Gasteiger partial charge in [-0.25, -0.2) is 13.2 Å². The van der Waals surface area contributed by atoms with E-state index in [1.807, 2.05) is 0 Å². The van der Waals surface area contributed by atoms with Crippen molar-refractivity contribution in [2.24, 2.45) is 0 Å². The van der Waals surface area contributed by atoms with Crippen molar-refractivity contribution in [2.45, 2.75) is 31.0 Å². The van der Waals surface area contributed by atoms with Crippen molar-refractivity contribution in [3.63, 3.8) is 0 Å². The molecule has 0 radical (unpaired) electrons. The summed E-state index contributed by atoms with van der Waals surface area (Å²) in [5, 5.41) is 0. The number of halogens is 3. The summed E-state index contributed by atoms with van der Waals surface area (Å²) in [5.41, 5.74) is -0.536. The molecule has 1 N–H and O–H groups in total. The first kappa shape index (κ1) is 19.8. The summed E-state index contributed by atoms with van der Waals surface area (Å²) in [6.45, 7) is 3.40. The number of esters is 1. The molecule has 0 amide bonds. The first-order valence-electron chi connectivity index (χ1n) is 7.50. The van der Waals surface area contributed by atoms with E-state index in [1.165, 1.54) is 24.3 Å². The SMILES string of the molecule is CC(C)OC(=O)c1ccc(NS(=O)(=O)c2ccc(C(F)(F)F)cc2)cc1. The standard InChI is InChI=1S/C17H16F3NO4S/c1-11(2)25-16(22)12-3-7-14(8-4-12)21-26(23,24)15-9-5-13(6-10-15)17(18,19)20/h3-11,21H,1-2H3. The maximum Gasteiger partial charge on any atom is 0.416 e. The van der Waals surface area contributed by atoms with Crippen LogP contribution >= 0.6 is 0 Å². The molecule has 0 atom stereocenters. The molecule has 5 nitrogen and oxygen atoms in total. The third-order valence-corrected chi connectivity index (χ3v) is 4.60. The number of rotatable bonds is 5. The lowest BCUT2D eigenvalue weighted by molar-refractivity contribution is -0.137. The van der Waals surface area contributed by atoms with Crippen molar-refractivity contribution < 1.29 is 31.1 Å². The number of ether oxygens (including phenoxy) is 1. The summed E-state index contributed by atoms with van der Waals surface area (Å²) < 4.78 is 69.4. The van der Waals surface area contributed by atoms with Crippen LogP contribution in [0.1, 0.15) is 29.8 Å². The average molecular weight is 387 g/mol. The second-order valence-electron chi connectivity index (χ2n) is 5.66. The number of alkyl halides is 3. The highest BCUT2D eigenvalue weighted by molar-refractivity contribution is 7.92. The van der Waals surface area contributed by atoms with E-state index in [0.717, 1.165) is 12.1 Å². The molecule has 0 aliphatic carbocycles. The predicted octanol–water partition coefficient (Wildman–Crippen LogP) is 4.07. The monoisotopic (exact) mass is 387 g/mol. The van der Waals surface area contributed by atoms with Crippen LogP contribution < -0.4 is 4.72 Å². The quantitative estimate of drug-likeness (QED) is 0.785. The fourth-order valence-electron chi connectivity index (χ4n) is 1.99. The van der Waals surface area contributed by atoms with Gasteiger partial charge in [0.1, 0.15) is 0 Å². The van der Waals surface area contributed by atoms with Crippen molar-refractivity contribution >= 4 is 21.7 Å². The van der Waals surface area contributed by atoms with Crippen molar-refractivity contribution in [3.8, 4) is 0 Å². The van der Waals surface area contributed by atoms with Gasteiger partial charge in [-0.15, -0.1) is 0 Å². The van der Waals surface area contributed by atoms with E-state index >= 15 is 0 Å². The smallest absolute Gasteiger partial charge is 0.416 e. The van der Waals surface area contributed by atoms with E-state index in [1.54, 1.807) is 13.8 Å². The molecule has 0 saturated heterocycles. The minimum Gasteiger partial charge on any atom is -0.459 e. The molecule has 0 spiro atoms. The van der Waals surface area contributed by atoms with Gasteiger partial charge < -0.3 is 4.74 Å². The summed E-state index contributed by atoms with van der Waals surface area (Å²) in [6, 6.07) is 8.62. The van der Waals surface area contributed by atoms with Gasteiger partial charge in [-0.05, 0) is 62.4 Å². The number of carbonyl (C=O) groups is 1. The fourth-order valence-corrected chi connectivity index (χ4v) is 3.05. The number of hydrogen-bond acceptors (Lipinski definition) is 4. The van der Waals surface area contributed by atoms with Gasteiger partial charge in [0, 0.05) is 5.69 Å². The molecule has 0 aliphatic rings. The number of hydrogen-bond donors (Lipinski definition) is 1. The lowest BCUT2D eigenvalue weighted by Gasteiger charge is -2.11. The van der Waals surface area contributed by atoms with Gasteiger partial charge in [-0.1, -0.05) is 0 Å². The van der Waals surface area contributed by atoms with Crippen LogP contribution in [0.4, 0.5) is 18.9 Å². The minimum atomic E-state index is -4.55. The molecule has 0 fully saturated rings. The van der Waals surface area contributed by atoms with Gasteiger partial charge in [0.15, 0.2) is 0 Å². The maximum absolute atomic E-state index is 12.5. The Labute approximate surface area is 148 Å². The van der Waals surface area contributed by atoms with Crippen LogP contribution in [0.3, 0.4) is 0 Å². The zero-order valence-corrected chi connectivity index (χ0v) is 14.7. The van der Waals surface area contributed by atoms with Crippen LogP contribution in [-0.2, 0) is 20.9 Å². The van der Waals surface area contributed by atoms with Gasteiger partial charge in [-0.3, -0.25) is 4.72 Å². The fraction of sp³-hybridized carbons (Fsp3) is 0.235. The first-order chi connectivity index (χ1) is 12.0. The maximum atomic E-state index is 12.5. The zero-order chi connectivity index (χ0) is 19.5. The molecule has 0 bridgehead atoms. The van der Waals surface area contributed by atoms with Gasteiger partial charge in [0.05, 0.1) is 22.1 Å². The Morgan fingerprint density at radius 2 is 1.54 bits per heavy atom. The van der Waals surface area contributed by atoms with E-state index in [-0.39, 0.29) is 22.3 Å². The van der Waals surface area contributed by atoms with Gasteiger partial charge in [0.25, 0.3) is 10.0 Å². The molecule has 0 unspecified atom stereocenters. The molecule has 2 aromatic carbocycles. The van der Waals surface area contributed by atoms with E-state index in [9.17, 15) is 26.4 Å². The van der Waals surface area contributed by atoms with Crippen molar-refractivity contribution in [3.05, 3.63) is 59.7 Å². The van der Waals surface area contributed by atoms with Crippen LogP contribution in [0.2, 0.25) is 0 Å². The van der Waals surface area contributed by atoms with Gasteiger partial charge in [0.2, 0.25) is 0 Å². The molecule has 9 heteroatoms. The highest BCUT2D eigenvalue weighted by Gasteiger charge is 2.30. The van der Waals surface area contributed by atoms with Crippen LogP contribution in [0.25, 0.3) is 0 Å². The van der Waals surface area contributed by atoms with Gasteiger partial charge >= 0.3 is 12.1 Å². The van der Waals surface area contributed by atoms with Crippen molar-refractivity contribution in [1.82, 2.24) is 0 Å². The molecule has 0 aliphatic heterocycles.